The minimum absolute atomic E-state index is 0.0766. The van der Waals surface area contributed by atoms with Gasteiger partial charge in [-0.05, 0) is 31.0 Å². The molecule has 1 aromatic carbocycles. The van der Waals surface area contributed by atoms with Crippen molar-refractivity contribution in [3.05, 3.63) is 33.6 Å². The van der Waals surface area contributed by atoms with Crippen LogP contribution in [0.5, 0.6) is 0 Å². The summed E-state index contributed by atoms with van der Waals surface area (Å²) >= 11 is 13.5. The van der Waals surface area contributed by atoms with Crippen LogP contribution < -0.4 is 5.32 Å². The van der Waals surface area contributed by atoms with Crippen molar-refractivity contribution < 1.29 is 14.3 Å². The van der Waals surface area contributed by atoms with Gasteiger partial charge in [-0.15, -0.1) is 11.3 Å². The zero-order valence-electron chi connectivity index (χ0n) is 16.3. The van der Waals surface area contributed by atoms with Gasteiger partial charge in [0.05, 0.1) is 17.3 Å². The Morgan fingerprint density at radius 1 is 1.23 bits per heavy atom. The van der Waals surface area contributed by atoms with E-state index >= 15 is 0 Å². The number of rotatable bonds is 5. The van der Waals surface area contributed by atoms with Crippen molar-refractivity contribution in [1.82, 2.24) is 14.8 Å². The van der Waals surface area contributed by atoms with E-state index in [1.54, 1.807) is 12.1 Å². The topological polar surface area (TPSA) is 74.8 Å². The highest BCUT2D eigenvalue weighted by Crippen LogP contribution is 2.32. The van der Waals surface area contributed by atoms with E-state index in [1.807, 2.05) is 21.2 Å². The summed E-state index contributed by atoms with van der Waals surface area (Å²) in [7, 11) is 0. The number of benzene rings is 1. The van der Waals surface area contributed by atoms with Gasteiger partial charge < -0.3 is 15.0 Å². The zero-order chi connectivity index (χ0) is 21.1. The summed E-state index contributed by atoms with van der Waals surface area (Å²) in [5.41, 5.74) is 1.46. The highest BCUT2D eigenvalue weighted by Gasteiger charge is 2.30. The number of piperazine rings is 1. The van der Waals surface area contributed by atoms with Gasteiger partial charge in [0.25, 0.3) is 5.91 Å². The largest absolute Gasteiger partial charge is 0.368 e. The second kappa shape index (κ2) is 9.62. The van der Waals surface area contributed by atoms with Crippen LogP contribution in [-0.4, -0.2) is 72.0 Å². The van der Waals surface area contributed by atoms with E-state index in [4.69, 9.17) is 27.9 Å². The van der Waals surface area contributed by atoms with Crippen LogP contribution in [0, 0.1) is 0 Å². The van der Waals surface area contributed by atoms with Gasteiger partial charge in [0.2, 0.25) is 5.91 Å². The van der Waals surface area contributed by atoms with Crippen LogP contribution in [0.4, 0.5) is 5.13 Å². The number of carbonyl (C=O) groups excluding carboxylic acids is 2. The number of nitrogens with zero attached hydrogens (tertiary/aromatic N) is 3. The van der Waals surface area contributed by atoms with Crippen molar-refractivity contribution in [3.8, 4) is 11.3 Å². The van der Waals surface area contributed by atoms with Crippen LogP contribution in [0.15, 0.2) is 23.6 Å². The highest BCUT2D eigenvalue weighted by atomic mass is 35.5. The number of hydrogen-bond donors (Lipinski definition) is 1. The van der Waals surface area contributed by atoms with Crippen LogP contribution in [0.25, 0.3) is 11.3 Å². The van der Waals surface area contributed by atoms with Crippen molar-refractivity contribution in [2.45, 2.75) is 18.9 Å². The molecule has 2 aromatic rings. The molecule has 1 aromatic heterocycles. The predicted molar refractivity (Wildman–Crippen MR) is 118 cm³/mol. The van der Waals surface area contributed by atoms with Gasteiger partial charge in [0, 0.05) is 48.8 Å². The lowest BCUT2D eigenvalue weighted by Gasteiger charge is -2.35. The molecule has 0 aliphatic carbocycles. The Morgan fingerprint density at radius 3 is 2.73 bits per heavy atom. The first-order valence-electron chi connectivity index (χ1n) is 9.83. The smallest absolute Gasteiger partial charge is 0.251 e. The van der Waals surface area contributed by atoms with Crippen LogP contribution in [0.3, 0.4) is 0 Å². The fraction of sp³-hybridized carbons (Fsp3) is 0.450. The first-order chi connectivity index (χ1) is 14.5. The molecule has 4 rings (SSSR count). The van der Waals surface area contributed by atoms with Gasteiger partial charge in [0.15, 0.2) is 5.13 Å². The summed E-state index contributed by atoms with van der Waals surface area (Å²) in [6.45, 7) is 3.48. The summed E-state index contributed by atoms with van der Waals surface area (Å²) < 4.78 is 5.48. The number of thiazole rings is 1. The van der Waals surface area contributed by atoms with Gasteiger partial charge in [-0.25, -0.2) is 4.98 Å². The molecule has 10 heteroatoms. The van der Waals surface area contributed by atoms with Crippen LogP contribution in [0.2, 0.25) is 10.0 Å². The van der Waals surface area contributed by atoms with E-state index in [2.05, 4.69) is 10.3 Å². The molecule has 0 saturated carbocycles. The number of ether oxygens (including phenoxy) is 1. The average molecular weight is 469 g/mol. The Bertz CT molecular complexity index is 925. The number of anilines is 1. The zero-order valence-corrected chi connectivity index (χ0v) is 18.6. The molecule has 0 radical (unpaired) electrons. The van der Waals surface area contributed by atoms with Gasteiger partial charge in [-0.1, -0.05) is 23.2 Å². The molecule has 160 valence electrons. The quantitative estimate of drug-likeness (QED) is 0.727. The fourth-order valence-corrected chi connectivity index (χ4v) is 4.85. The Kier molecular flexibility index (Phi) is 6.90. The maximum Gasteiger partial charge on any atom is 0.251 e. The van der Waals surface area contributed by atoms with Crippen molar-refractivity contribution in [1.29, 1.82) is 0 Å². The molecule has 0 bridgehead atoms. The molecule has 2 aliphatic heterocycles. The first-order valence-corrected chi connectivity index (χ1v) is 11.5. The Balaban J connectivity index is 1.26. The number of aromatic nitrogens is 1. The van der Waals surface area contributed by atoms with E-state index in [0.717, 1.165) is 18.4 Å². The van der Waals surface area contributed by atoms with Crippen molar-refractivity contribution >= 4 is 51.5 Å². The molecule has 1 unspecified atom stereocenters. The lowest BCUT2D eigenvalue weighted by atomic mass is 10.2. The second-order valence-corrected chi connectivity index (χ2v) is 9.02. The predicted octanol–water partition coefficient (Wildman–Crippen LogP) is 3.38. The lowest BCUT2D eigenvalue weighted by Crippen LogP contribution is -2.52. The Morgan fingerprint density at radius 2 is 2.03 bits per heavy atom. The number of halogens is 2. The first kappa shape index (κ1) is 21.5. The Hall–Kier alpha value is -1.71. The normalized spacial score (nSPS) is 19.8. The summed E-state index contributed by atoms with van der Waals surface area (Å²) in [6, 6.07) is 5.23. The van der Waals surface area contributed by atoms with E-state index in [-0.39, 0.29) is 24.5 Å². The number of carbonyl (C=O) groups is 2. The molecule has 7 nitrogen and oxygen atoms in total. The third-order valence-corrected chi connectivity index (χ3v) is 6.52. The highest BCUT2D eigenvalue weighted by molar-refractivity contribution is 7.14. The monoisotopic (exact) mass is 468 g/mol. The van der Waals surface area contributed by atoms with Gasteiger partial charge in [-0.2, -0.15) is 0 Å². The standard InChI is InChI=1S/C20H22Cl2N4O3S/c21-13-3-4-14(15(22)10-13)16-12-30-20(23-16)24-18(27)11-25-5-7-26(8-6-25)19(28)17-2-1-9-29-17/h3-4,10,12,17H,1-2,5-9,11H2,(H,23,24,27). The SMILES string of the molecule is O=C(CN1CCN(C(=O)C2CCCO2)CC1)Nc1nc(-c2ccc(Cl)cc2Cl)cs1. The van der Waals surface area contributed by atoms with Gasteiger partial charge in [-0.3, -0.25) is 14.5 Å². The number of amides is 2. The van der Waals surface area contributed by atoms with E-state index in [1.165, 1.54) is 11.3 Å². The van der Waals surface area contributed by atoms with E-state index in [0.29, 0.717) is 53.7 Å². The summed E-state index contributed by atoms with van der Waals surface area (Å²) in [5, 5.41) is 6.29. The summed E-state index contributed by atoms with van der Waals surface area (Å²) in [4.78, 5) is 33.2. The molecule has 1 N–H and O–H groups in total. The molecular weight excluding hydrogens is 447 g/mol. The minimum Gasteiger partial charge on any atom is -0.368 e. The van der Waals surface area contributed by atoms with Crippen molar-refractivity contribution in [2.75, 3.05) is 44.6 Å². The Labute approximate surface area is 188 Å². The van der Waals surface area contributed by atoms with Crippen LogP contribution in [-0.2, 0) is 14.3 Å². The van der Waals surface area contributed by atoms with Crippen molar-refractivity contribution in [2.24, 2.45) is 0 Å². The third-order valence-electron chi connectivity index (χ3n) is 5.21. The molecule has 2 aliphatic rings. The molecule has 2 saturated heterocycles. The van der Waals surface area contributed by atoms with E-state index < -0.39 is 0 Å². The number of hydrogen-bond acceptors (Lipinski definition) is 6. The number of nitrogens with one attached hydrogen (secondary N) is 1. The van der Waals surface area contributed by atoms with Crippen molar-refractivity contribution in [3.63, 3.8) is 0 Å². The molecule has 2 fully saturated rings. The molecule has 2 amide bonds. The van der Waals surface area contributed by atoms with Crippen LogP contribution >= 0.6 is 34.5 Å². The second-order valence-electron chi connectivity index (χ2n) is 7.31. The molecule has 3 heterocycles. The fourth-order valence-electron chi connectivity index (χ4n) is 3.62. The summed E-state index contributed by atoms with van der Waals surface area (Å²) in [5.74, 6) is -0.0511. The molecule has 30 heavy (non-hydrogen) atoms. The maximum absolute atomic E-state index is 12.4. The molecule has 1 atom stereocenters. The minimum atomic E-state index is -0.284. The average Bonchev–Trinajstić information content (AvgIpc) is 3.40. The molecule has 0 spiro atoms. The third kappa shape index (κ3) is 5.12. The van der Waals surface area contributed by atoms with Gasteiger partial charge >= 0.3 is 0 Å². The summed E-state index contributed by atoms with van der Waals surface area (Å²) in [6.07, 6.45) is 1.46. The lowest BCUT2D eigenvalue weighted by molar-refractivity contribution is -0.142. The molecular formula is C20H22Cl2N4O3S. The van der Waals surface area contributed by atoms with Crippen LogP contribution in [0.1, 0.15) is 12.8 Å². The van der Waals surface area contributed by atoms with Gasteiger partial charge in [0.1, 0.15) is 6.10 Å². The maximum atomic E-state index is 12.4. The van der Waals surface area contributed by atoms with E-state index in [9.17, 15) is 9.59 Å².